The number of nitrogens with zero attached hydrogens (tertiary/aromatic N) is 1. The summed E-state index contributed by atoms with van der Waals surface area (Å²) in [5, 5.41) is 1.76. The Kier molecular flexibility index (Phi) is 5.28. The Morgan fingerprint density at radius 3 is 2.41 bits per heavy atom. The lowest BCUT2D eigenvalue weighted by Gasteiger charge is -2.25. The molecule has 0 radical (unpaired) electrons. The molecular formula is C21H19NO4S. The maximum Gasteiger partial charge on any atom is 0.340 e. The molecule has 3 aromatic carbocycles. The van der Waals surface area contributed by atoms with Crippen molar-refractivity contribution >= 4 is 32.5 Å². The van der Waals surface area contributed by atoms with Gasteiger partial charge in [-0.05, 0) is 35.0 Å². The first kappa shape index (κ1) is 18.7. The first-order valence-electron chi connectivity index (χ1n) is 8.29. The normalized spacial score (nSPS) is 11.1. The number of benzene rings is 3. The minimum atomic E-state index is -3.92. The summed E-state index contributed by atoms with van der Waals surface area (Å²) in [6, 6.07) is 18.9. The van der Waals surface area contributed by atoms with Crippen LogP contribution in [-0.4, -0.2) is 28.0 Å². The fourth-order valence-electron chi connectivity index (χ4n) is 2.87. The first-order valence-corrected chi connectivity index (χ1v) is 9.73. The van der Waals surface area contributed by atoms with E-state index in [9.17, 15) is 13.2 Å². The van der Waals surface area contributed by atoms with Gasteiger partial charge in [0, 0.05) is 0 Å². The average Bonchev–Trinajstić information content (AvgIpc) is 2.71. The van der Waals surface area contributed by atoms with Crippen LogP contribution < -0.4 is 4.31 Å². The predicted molar refractivity (Wildman–Crippen MR) is 106 cm³/mol. The monoisotopic (exact) mass is 381 g/mol. The van der Waals surface area contributed by atoms with Gasteiger partial charge in [-0.3, -0.25) is 4.31 Å². The summed E-state index contributed by atoms with van der Waals surface area (Å²) in [4.78, 5) is 12.3. The Morgan fingerprint density at radius 2 is 1.70 bits per heavy atom. The predicted octanol–water partition coefficient (Wildman–Crippen LogP) is 4.01. The number of methoxy groups -OCH3 is 1. The molecule has 0 amide bonds. The minimum absolute atomic E-state index is 0.0170. The molecule has 3 rings (SSSR count). The molecule has 0 aromatic heterocycles. The Balaban J connectivity index is 2.16. The SMILES string of the molecule is C=CCN(c1ccccc1C(=O)OC)S(=O)(=O)c1ccc2ccccc2c1. The number of esters is 1. The Morgan fingerprint density at radius 1 is 1.04 bits per heavy atom. The van der Waals surface area contributed by atoms with Crippen LogP contribution in [0.4, 0.5) is 5.69 Å². The molecule has 0 aliphatic heterocycles. The van der Waals surface area contributed by atoms with Gasteiger partial charge < -0.3 is 4.74 Å². The van der Waals surface area contributed by atoms with E-state index in [2.05, 4.69) is 6.58 Å². The molecule has 3 aromatic rings. The lowest BCUT2D eigenvalue weighted by atomic mass is 10.1. The van der Waals surface area contributed by atoms with E-state index in [1.165, 1.54) is 19.3 Å². The molecule has 0 bridgehead atoms. The zero-order chi connectivity index (χ0) is 19.4. The van der Waals surface area contributed by atoms with E-state index < -0.39 is 16.0 Å². The van der Waals surface area contributed by atoms with E-state index in [1.807, 2.05) is 24.3 Å². The van der Waals surface area contributed by atoms with E-state index in [0.29, 0.717) is 0 Å². The second kappa shape index (κ2) is 7.63. The van der Waals surface area contributed by atoms with Gasteiger partial charge in [-0.25, -0.2) is 13.2 Å². The van der Waals surface area contributed by atoms with Crippen molar-refractivity contribution in [2.45, 2.75) is 4.90 Å². The molecule has 0 saturated carbocycles. The average molecular weight is 381 g/mol. The number of ether oxygens (including phenoxy) is 1. The maximum absolute atomic E-state index is 13.4. The van der Waals surface area contributed by atoms with Gasteiger partial charge in [0.1, 0.15) is 0 Å². The molecule has 0 unspecified atom stereocenters. The fourth-order valence-corrected chi connectivity index (χ4v) is 4.36. The van der Waals surface area contributed by atoms with Gasteiger partial charge >= 0.3 is 5.97 Å². The molecule has 0 heterocycles. The van der Waals surface area contributed by atoms with Gasteiger partial charge in [0.05, 0.1) is 29.8 Å². The van der Waals surface area contributed by atoms with Crippen LogP contribution in [0.15, 0.2) is 84.3 Å². The highest BCUT2D eigenvalue weighted by Crippen LogP contribution is 2.29. The number of hydrogen-bond donors (Lipinski definition) is 0. The molecule has 0 fully saturated rings. The summed E-state index contributed by atoms with van der Waals surface area (Å²) in [7, 11) is -2.66. The summed E-state index contributed by atoms with van der Waals surface area (Å²) in [5.41, 5.74) is 0.420. The van der Waals surface area contributed by atoms with Crippen molar-refractivity contribution < 1.29 is 17.9 Å². The van der Waals surface area contributed by atoms with E-state index in [-0.39, 0.29) is 22.7 Å². The van der Waals surface area contributed by atoms with Gasteiger partial charge in [0.25, 0.3) is 10.0 Å². The van der Waals surface area contributed by atoms with Crippen molar-refractivity contribution in [2.75, 3.05) is 18.0 Å². The molecule has 0 atom stereocenters. The zero-order valence-corrected chi connectivity index (χ0v) is 15.6. The standard InChI is InChI=1S/C21H19NO4S/c1-3-14-22(20-11-7-6-10-19(20)21(23)26-2)27(24,25)18-13-12-16-8-4-5-9-17(16)15-18/h3-13,15H,1,14H2,2H3. The molecule has 0 aliphatic carbocycles. The summed E-state index contributed by atoms with van der Waals surface area (Å²) < 4.78 is 32.7. The van der Waals surface area contributed by atoms with E-state index >= 15 is 0 Å². The Bertz CT molecular complexity index is 1110. The van der Waals surface area contributed by atoms with E-state index in [1.54, 1.807) is 36.4 Å². The highest BCUT2D eigenvalue weighted by Gasteiger charge is 2.27. The second-order valence-corrected chi connectivity index (χ2v) is 7.70. The van der Waals surface area contributed by atoms with Crippen molar-refractivity contribution in [1.82, 2.24) is 0 Å². The summed E-state index contributed by atoms with van der Waals surface area (Å²) in [5.74, 6) is -0.603. The molecule has 138 valence electrons. The highest BCUT2D eigenvalue weighted by atomic mass is 32.2. The zero-order valence-electron chi connectivity index (χ0n) is 14.8. The van der Waals surface area contributed by atoms with Crippen molar-refractivity contribution in [3.05, 3.63) is 84.9 Å². The topological polar surface area (TPSA) is 63.7 Å². The van der Waals surface area contributed by atoms with Crippen LogP contribution in [0.3, 0.4) is 0 Å². The molecular weight excluding hydrogens is 362 g/mol. The van der Waals surface area contributed by atoms with Gasteiger partial charge in [-0.2, -0.15) is 0 Å². The van der Waals surface area contributed by atoms with Gasteiger partial charge in [-0.1, -0.05) is 48.5 Å². The van der Waals surface area contributed by atoms with Crippen LogP contribution in [0.25, 0.3) is 10.8 Å². The third-order valence-electron chi connectivity index (χ3n) is 4.18. The number of rotatable bonds is 6. The molecule has 5 nitrogen and oxygen atoms in total. The van der Waals surface area contributed by atoms with Gasteiger partial charge in [0.15, 0.2) is 0 Å². The smallest absolute Gasteiger partial charge is 0.340 e. The number of para-hydroxylation sites is 1. The number of carbonyl (C=O) groups is 1. The van der Waals surface area contributed by atoms with E-state index in [0.717, 1.165) is 15.1 Å². The second-order valence-electron chi connectivity index (χ2n) is 5.84. The lowest BCUT2D eigenvalue weighted by molar-refractivity contribution is 0.0601. The molecule has 6 heteroatoms. The third kappa shape index (κ3) is 3.57. The molecule has 0 aliphatic rings. The first-order chi connectivity index (χ1) is 13.0. The fraction of sp³-hybridized carbons (Fsp3) is 0.0952. The van der Waals surface area contributed by atoms with Gasteiger partial charge in [-0.15, -0.1) is 6.58 Å². The summed E-state index contributed by atoms with van der Waals surface area (Å²) in [6.07, 6.45) is 1.48. The van der Waals surface area contributed by atoms with Crippen molar-refractivity contribution in [3.63, 3.8) is 0 Å². The third-order valence-corrected chi connectivity index (χ3v) is 5.96. The number of hydrogen-bond acceptors (Lipinski definition) is 4. The quantitative estimate of drug-likeness (QED) is 0.478. The summed E-state index contributed by atoms with van der Waals surface area (Å²) >= 11 is 0. The highest BCUT2D eigenvalue weighted by molar-refractivity contribution is 7.92. The molecule has 0 N–H and O–H groups in total. The van der Waals surface area contributed by atoms with Crippen molar-refractivity contribution in [1.29, 1.82) is 0 Å². The van der Waals surface area contributed by atoms with Crippen LogP contribution in [-0.2, 0) is 14.8 Å². The number of sulfonamides is 1. The largest absolute Gasteiger partial charge is 0.465 e. The van der Waals surface area contributed by atoms with Crippen LogP contribution in [0.5, 0.6) is 0 Å². The van der Waals surface area contributed by atoms with Crippen molar-refractivity contribution in [2.24, 2.45) is 0 Å². The van der Waals surface area contributed by atoms with Crippen LogP contribution in [0.2, 0.25) is 0 Å². The summed E-state index contributed by atoms with van der Waals surface area (Å²) in [6.45, 7) is 3.67. The molecule has 27 heavy (non-hydrogen) atoms. The maximum atomic E-state index is 13.4. The molecule has 0 spiro atoms. The number of carbonyl (C=O) groups excluding carboxylic acids is 1. The van der Waals surface area contributed by atoms with Crippen LogP contribution in [0, 0.1) is 0 Å². The van der Waals surface area contributed by atoms with Crippen LogP contribution >= 0.6 is 0 Å². The lowest BCUT2D eigenvalue weighted by Crippen LogP contribution is -2.32. The van der Waals surface area contributed by atoms with Gasteiger partial charge in [0.2, 0.25) is 0 Å². The number of fused-ring (bicyclic) bond motifs is 1. The number of anilines is 1. The van der Waals surface area contributed by atoms with E-state index in [4.69, 9.17) is 4.74 Å². The van der Waals surface area contributed by atoms with Crippen LogP contribution in [0.1, 0.15) is 10.4 Å². The minimum Gasteiger partial charge on any atom is -0.465 e. The molecule has 0 saturated heterocycles. The van der Waals surface area contributed by atoms with Crippen molar-refractivity contribution in [3.8, 4) is 0 Å². The Hall–Kier alpha value is -3.12. The Labute approximate surface area is 158 Å².